The van der Waals surface area contributed by atoms with Gasteiger partial charge >= 0.3 is 0 Å². The second-order valence-corrected chi connectivity index (χ2v) is 4.67. The van der Waals surface area contributed by atoms with Crippen molar-refractivity contribution in [3.63, 3.8) is 0 Å². The third-order valence-electron chi connectivity index (χ3n) is 3.03. The summed E-state index contributed by atoms with van der Waals surface area (Å²) in [6, 6.07) is 8.15. The molecule has 0 unspecified atom stereocenters. The number of hydrogen-bond acceptors (Lipinski definition) is 2. The fourth-order valence-corrected chi connectivity index (χ4v) is 2.06. The zero-order chi connectivity index (χ0) is 10.9. The van der Waals surface area contributed by atoms with Gasteiger partial charge in [0.1, 0.15) is 5.75 Å². The summed E-state index contributed by atoms with van der Waals surface area (Å²) in [5.74, 6) is 0.953. The first-order valence-electron chi connectivity index (χ1n) is 5.67. The molecule has 0 aromatic heterocycles. The molecule has 1 aromatic rings. The van der Waals surface area contributed by atoms with E-state index in [4.69, 9.17) is 10.5 Å². The van der Waals surface area contributed by atoms with Crippen molar-refractivity contribution in [1.82, 2.24) is 0 Å². The summed E-state index contributed by atoms with van der Waals surface area (Å²) in [4.78, 5) is 0. The van der Waals surface area contributed by atoms with Crippen LogP contribution >= 0.6 is 0 Å². The average Bonchev–Trinajstić information content (AvgIpc) is 2.14. The van der Waals surface area contributed by atoms with E-state index in [1.165, 1.54) is 12.0 Å². The second kappa shape index (κ2) is 3.86. The van der Waals surface area contributed by atoms with E-state index >= 15 is 0 Å². The van der Waals surface area contributed by atoms with Crippen molar-refractivity contribution in [3.05, 3.63) is 29.8 Å². The number of hydrogen-bond donors (Lipinski definition) is 1. The molecule has 1 saturated carbocycles. The third-order valence-corrected chi connectivity index (χ3v) is 3.03. The average molecular weight is 205 g/mol. The van der Waals surface area contributed by atoms with Crippen LogP contribution in [0.2, 0.25) is 0 Å². The highest BCUT2D eigenvalue weighted by molar-refractivity contribution is 5.40. The van der Waals surface area contributed by atoms with E-state index in [9.17, 15) is 0 Å². The Morgan fingerprint density at radius 3 is 2.47 bits per heavy atom. The molecule has 1 aromatic carbocycles. The molecule has 0 atom stereocenters. The van der Waals surface area contributed by atoms with Crippen LogP contribution in [-0.4, -0.2) is 6.10 Å². The predicted molar refractivity (Wildman–Crippen MR) is 61.9 cm³/mol. The van der Waals surface area contributed by atoms with Gasteiger partial charge in [0.25, 0.3) is 0 Å². The number of para-hydroxylation sites is 1. The largest absolute Gasteiger partial charge is 0.491 e. The molecular weight excluding hydrogens is 186 g/mol. The monoisotopic (exact) mass is 205 g/mol. The summed E-state index contributed by atoms with van der Waals surface area (Å²) in [6.45, 7) is 4.08. The van der Waals surface area contributed by atoms with Crippen LogP contribution in [0.1, 0.15) is 38.7 Å². The molecule has 0 amide bonds. The molecule has 1 aliphatic rings. The van der Waals surface area contributed by atoms with Crippen molar-refractivity contribution in [2.45, 2.75) is 44.8 Å². The van der Waals surface area contributed by atoms with Crippen LogP contribution in [0.3, 0.4) is 0 Å². The van der Waals surface area contributed by atoms with Crippen LogP contribution < -0.4 is 10.5 Å². The molecule has 2 N–H and O–H groups in total. The molecule has 2 rings (SSSR count). The molecule has 2 heteroatoms. The van der Waals surface area contributed by atoms with E-state index in [1.54, 1.807) is 0 Å². The number of benzene rings is 1. The molecule has 1 fully saturated rings. The van der Waals surface area contributed by atoms with E-state index < -0.39 is 0 Å². The first-order valence-corrected chi connectivity index (χ1v) is 5.67. The second-order valence-electron chi connectivity index (χ2n) is 4.67. The molecule has 0 bridgehead atoms. The normalized spacial score (nSPS) is 18.7. The summed E-state index contributed by atoms with van der Waals surface area (Å²) in [6.07, 6.45) is 3.58. The van der Waals surface area contributed by atoms with Gasteiger partial charge in [0, 0.05) is 11.1 Å². The van der Waals surface area contributed by atoms with Gasteiger partial charge < -0.3 is 10.5 Å². The lowest BCUT2D eigenvalue weighted by Crippen LogP contribution is -2.43. The van der Waals surface area contributed by atoms with Gasteiger partial charge in [0.2, 0.25) is 0 Å². The molecule has 0 radical (unpaired) electrons. The van der Waals surface area contributed by atoms with Crippen LogP contribution in [0.5, 0.6) is 5.75 Å². The minimum atomic E-state index is -0.133. The Morgan fingerprint density at radius 1 is 1.27 bits per heavy atom. The highest BCUT2D eigenvalue weighted by Gasteiger charge is 2.36. The Labute approximate surface area is 91.4 Å². The van der Waals surface area contributed by atoms with Gasteiger partial charge in [-0.25, -0.2) is 0 Å². The van der Waals surface area contributed by atoms with Crippen LogP contribution in [-0.2, 0) is 5.54 Å². The maximum absolute atomic E-state index is 6.32. The quantitative estimate of drug-likeness (QED) is 0.823. The lowest BCUT2D eigenvalue weighted by atomic mass is 9.72. The Balaban J connectivity index is 2.29. The highest BCUT2D eigenvalue weighted by Crippen LogP contribution is 2.42. The molecule has 1 aliphatic carbocycles. The van der Waals surface area contributed by atoms with Gasteiger partial charge in [0.15, 0.2) is 0 Å². The molecular formula is C13H19NO. The maximum atomic E-state index is 6.32. The molecule has 0 aliphatic heterocycles. The summed E-state index contributed by atoms with van der Waals surface area (Å²) >= 11 is 0. The fraction of sp³-hybridized carbons (Fsp3) is 0.538. The summed E-state index contributed by atoms with van der Waals surface area (Å²) in [7, 11) is 0. The van der Waals surface area contributed by atoms with E-state index in [-0.39, 0.29) is 11.6 Å². The third kappa shape index (κ3) is 2.00. The number of ether oxygens (including phenoxy) is 1. The van der Waals surface area contributed by atoms with Crippen molar-refractivity contribution < 1.29 is 4.74 Å². The van der Waals surface area contributed by atoms with Gasteiger partial charge in [-0.1, -0.05) is 18.2 Å². The minimum Gasteiger partial charge on any atom is -0.491 e. The Hall–Kier alpha value is -1.02. The van der Waals surface area contributed by atoms with Crippen molar-refractivity contribution in [1.29, 1.82) is 0 Å². The minimum absolute atomic E-state index is 0.133. The van der Waals surface area contributed by atoms with Gasteiger partial charge in [-0.2, -0.15) is 0 Å². The molecule has 82 valence electrons. The van der Waals surface area contributed by atoms with E-state index in [0.717, 1.165) is 18.6 Å². The standard InChI is InChI=1S/C13H19NO/c1-10(2)15-12-7-4-3-6-11(12)13(14)8-5-9-13/h3-4,6-7,10H,5,8-9,14H2,1-2H3. The van der Waals surface area contributed by atoms with E-state index in [2.05, 4.69) is 6.07 Å². The van der Waals surface area contributed by atoms with Gasteiger partial charge in [-0.3, -0.25) is 0 Å². The van der Waals surface area contributed by atoms with Crippen molar-refractivity contribution in [2.75, 3.05) is 0 Å². The van der Waals surface area contributed by atoms with Crippen LogP contribution in [0, 0.1) is 0 Å². The fourth-order valence-electron chi connectivity index (χ4n) is 2.06. The molecule has 0 saturated heterocycles. The number of nitrogens with two attached hydrogens (primary N) is 1. The smallest absolute Gasteiger partial charge is 0.124 e. The molecule has 15 heavy (non-hydrogen) atoms. The van der Waals surface area contributed by atoms with E-state index in [1.807, 2.05) is 32.0 Å². The van der Waals surface area contributed by atoms with Gasteiger partial charge in [-0.05, 0) is 39.2 Å². The first kappa shape index (κ1) is 10.5. The van der Waals surface area contributed by atoms with Gasteiger partial charge in [0.05, 0.1) is 6.10 Å². The van der Waals surface area contributed by atoms with Crippen LogP contribution in [0.4, 0.5) is 0 Å². The van der Waals surface area contributed by atoms with E-state index in [0.29, 0.717) is 0 Å². The topological polar surface area (TPSA) is 35.2 Å². The summed E-state index contributed by atoms with van der Waals surface area (Å²) < 4.78 is 5.79. The Kier molecular flexibility index (Phi) is 2.70. The lowest BCUT2D eigenvalue weighted by Gasteiger charge is -2.39. The van der Waals surface area contributed by atoms with Gasteiger partial charge in [-0.15, -0.1) is 0 Å². The molecule has 2 nitrogen and oxygen atoms in total. The summed E-state index contributed by atoms with van der Waals surface area (Å²) in [5, 5.41) is 0. The lowest BCUT2D eigenvalue weighted by molar-refractivity contribution is 0.210. The molecule has 0 spiro atoms. The SMILES string of the molecule is CC(C)Oc1ccccc1C1(N)CCC1. The van der Waals surface area contributed by atoms with Crippen LogP contribution in [0.15, 0.2) is 24.3 Å². The Morgan fingerprint density at radius 2 is 1.93 bits per heavy atom. The predicted octanol–water partition coefficient (Wildman–Crippen LogP) is 2.81. The van der Waals surface area contributed by atoms with Crippen molar-refractivity contribution in [3.8, 4) is 5.75 Å². The van der Waals surface area contributed by atoms with Crippen molar-refractivity contribution >= 4 is 0 Å². The zero-order valence-corrected chi connectivity index (χ0v) is 9.49. The highest BCUT2D eigenvalue weighted by atomic mass is 16.5. The maximum Gasteiger partial charge on any atom is 0.124 e. The Bertz CT molecular complexity index is 342. The molecule has 0 heterocycles. The number of rotatable bonds is 3. The first-order chi connectivity index (χ1) is 7.12. The zero-order valence-electron chi connectivity index (χ0n) is 9.49. The van der Waals surface area contributed by atoms with Crippen molar-refractivity contribution in [2.24, 2.45) is 5.73 Å². The van der Waals surface area contributed by atoms with Crippen LogP contribution in [0.25, 0.3) is 0 Å². The summed E-state index contributed by atoms with van der Waals surface area (Å²) in [5.41, 5.74) is 7.36.